The van der Waals surface area contributed by atoms with Gasteiger partial charge >= 0.3 is 0 Å². The van der Waals surface area contributed by atoms with E-state index >= 15 is 0 Å². The summed E-state index contributed by atoms with van der Waals surface area (Å²) in [6.07, 6.45) is 1.95. The van der Waals surface area contributed by atoms with Crippen molar-refractivity contribution in [2.75, 3.05) is 11.4 Å². The number of aldehydes is 1. The minimum atomic E-state index is 0.773. The zero-order valence-corrected chi connectivity index (χ0v) is 12.2. The Morgan fingerprint density at radius 1 is 1.10 bits per heavy atom. The number of carbonyl (C=O) groups excluding carboxylic acids is 1. The van der Waals surface area contributed by atoms with E-state index in [1.54, 1.807) is 0 Å². The maximum absolute atomic E-state index is 10.8. The molecule has 1 heterocycles. The molecule has 0 unspecified atom stereocenters. The smallest absolute Gasteiger partial charge is 0.150 e. The Morgan fingerprint density at radius 3 is 2.55 bits per heavy atom. The van der Waals surface area contributed by atoms with Gasteiger partial charge in [-0.1, -0.05) is 44.2 Å². The molecule has 0 atom stereocenters. The van der Waals surface area contributed by atoms with Crippen molar-refractivity contribution in [3.8, 4) is 0 Å². The van der Waals surface area contributed by atoms with E-state index in [1.807, 2.05) is 32.0 Å². The van der Waals surface area contributed by atoms with Gasteiger partial charge in [-0.05, 0) is 35.7 Å². The summed E-state index contributed by atoms with van der Waals surface area (Å²) < 4.78 is 0. The van der Waals surface area contributed by atoms with Crippen LogP contribution in [0.2, 0.25) is 0 Å². The number of rotatable bonds is 3. The molecule has 2 aromatic carbocycles. The Morgan fingerprint density at radius 2 is 1.85 bits per heavy atom. The minimum absolute atomic E-state index is 0.773. The summed E-state index contributed by atoms with van der Waals surface area (Å²) in [4.78, 5) is 13.1. The van der Waals surface area contributed by atoms with Crippen molar-refractivity contribution in [2.45, 2.75) is 26.8 Å². The molecule has 0 saturated heterocycles. The van der Waals surface area contributed by atoms with Gasteiger partial charge in [0.2, 0.25) is 0 Å². The highest BCUT2D eigenvalue weighted by Gasteiger charge is 2.19. The number of anilines is 1. The van der Waals surface area contributed by atoms with E-state index in [9.17, 15) is 4.79 Å². The largest absolute Gasteiger partial charge is 0.367 e. The van der Waals surface area contributed by atoms with E-state index in [4.69, 9.17) is 0 Å². The first kappa shape index (κ1) is 14.3. The standard InChI is InChI=1S/C16H15NO.C2H6/c18-12-14-6-7-16-15(10-14)8-9-17(16)11-13-4-2-1-3-5-13;1-2/h1-7,10,12H,8-9,11H2;1-2H3. The minimum Gasteiger partial charge on any atom is -0.367 e. The topological polar surface area (TPSA) is 20.3 Å². The van der Waals surface area contributed by atoms with Crippen molar-refractivity contribution in [3.63, 3.8) is 0 Å². The molecule has 0 radical (unpaired) electrons. The molecule has 20 heavy (non-hydrogen) atoms. The van der Waals surface area contributed by atoms with Gasteiger partial charge in [0.1, 0.15) is 6.29 Å². The normalized spacial score (nSPS) is 12.4. The first-order valence-corrected chi connectivity index (χ1v) is 7.24. The SMILES string of the molecule is CC.O=Cc1ccc2c(c1)CCN2Cc1ccccc1. The van der Waals surface area contributed by atoms with Gasteiger partial charge in [0.15, 0.2) is 0 Å². The number of hydrogen-bond acceptors (Lipinski definition) is 2. The number of nitrogens with zero attached hydrogens (tertiary/aromatic N) is 1. The van der Waals surface area contributed by atoms with Gasteiger partial charge < -0.3 is 4.90 Å². The van der Waals surface area contributed by atoms with Crippen molar-refractivity contribution in [1.29, 1.82) is 0 Å². The quantitative estimate of drug-likeness (QED) is 0.781. The van der Waals surface area contributed by atoms with Crippen LogP contribution >= 0.6 is 0 Å². The van der Waals surface area contributed by atoms with Gasteiger partial charge in [-0.25, -0.2) is 0 Å². The lowest BCUT2D eigenvalue weighted by Crippen LogP contribution is -2.19. The van der Waals surface area contributed by atoms with Crippen LogP contribution in [0.1, 0.15) is 35.3 Å². The second-order valence-electron chi connectivity index (χ2n) is 4.66. The van der Waals surface area contributed by atoms with E-state index in [2.05, 4.69) is 35.2 Å². The van der Waals surface area contributed by atoms with Gasteiger partial charge in [-0.2, -0.15) is 0 Å². The average Bonchev–Trinajstić information content (AvgIpc) is 2.92. The molecule has 0 fully saturated rings. The maximum Gasteiger partial charge on any atom is 0.150 e. The average molecular weight is 267 g/mol. The summed E-state index contributed by atoms with van der Waals surface area (Å²) in [6, 6.07) is 16.5. The van der Waals surface area contributed by atoms with Gasteiger partial charge in [0, 0.05) is 24.3 Å². The summed E-state index contributed by atoms with van der Waals surface area (Å²) in [7, 11) is 0. The van der Waals surface area contributed by atoms with Gasteiger partial charge in [-0.3, -0.25) is 4.79 Å². The van der Waals surface area contributed by atoms with Crippen molar-refractivity contribution in [2.24, 2.45) is 0 Å². The van der Waals surface area contributed by atoms with E-state index in [-0.39, 0.29) is 0 Å². The van der Waals surface area contributed by atoms with Crippen LogP contribution in [0.25, 0.3) is 0 Å². The van der Waals surface area contributed by atoms with Gasteiger partial charge in [-0.15, -0.1) is 0 Å². The van der Waals surface area contributed by atoms with Crippen molar-refractivity contribution in [3.05, 3.63) is 65.2 Å². The van der Waals surface area contributed by atoms with E-state index < -0.39 is 0 Å². The fourth-order valence-electron chi connectivity index (χ4n) is 2.53. The van der Waals surface area contributed by atoms with E-state index in [0.717, 1.165) is 31.4 Å². The fourth-order valence-corrected chi connectivity index (χ4v) is 2.53. The third-order valence-electron chi connectivity index (χ3n) is 3.45. The van der Waals surface area contributed by atoms with Crippen LogP contribution in [0.3, 0.4) is 0 Å². The third-order valence-corrected chi connectivity index (χ3v) is 3.45. The lowest BCUT2D eigenvalue weighted by atomic mass is 10.1. The molecule has 0 spiro atoms. The van der Waals surface area contributed by atoms with Crippen LogP contribution in [0.5, 0.6) is 0 Å². The highest BCUT2D eigenvalue weighted by Crippen LogP contribution is 2.29. The molecule has 0 aromatic heterocycles. The van der Waals surface area contributed by atoms with E-state index in [0.29, 0.717) is 0 Å². The number of fused-ring (bicyclic) bond motifs is 1. The predicted molar refractivity (Wildman–Crippen MR) is 84.4 cm³/mol. The first-order chi connectivity index (χ1) is 9.86. The van der Waals surface area contributed by atoms with Crippen LogP contribution < -0.4 is 4.90 Å². The Hall–Kier alpha value is -2.09. The van der Waals surface area contributed by atoms with Gasteiger partial charge in [0.25, 0.3) is 0 Å². The van der Waals surface area contributed by atoms with E-state index in [1.165, 1.54) is 16.8 Å². The van der Waals surface area contributed by atoms with Gasteiger partial charge in [0.05, 0.1) is 0 Å². The molecule has 0 amide bonds. The molecule has 0 aliphatic carbocycles. The Bertz CT molecular complexity index is 563. The summed E-state index contributed by atoms with van der Waals surface area (Å²) in [5.41, 5.74) is 4.65. The Labute approximate surface area is 121 Å². The van der Waals surface area contributed by atoms with Crippen LogP contribution in [-0.2, 0) is 13.0 Å². The van der Waals surface area contributed by atoms with Crippen LogP contribution in [-0.4, -0.2) is 12.8 Å². The van der Waals surface area contributed by atoms with Crippen LogP contribution in [0, 0.1) is 0 Å². The molecule has 1 aliphatic rings. The monoisotopic (exact) mass is 267 g/mol. The molecule has 2 heteroatoms. The number of benzene rings is 2. The Balaban J connectivity index is 0.000000704. The lowest BCUT2D eigenvalue weighted by Gasteiger charge is -2.19. The van der Waals surface area contributed by atoms with Crippen LogP contribution in [0.15, 0.2) is 48.5 Å². The molecule has 2 aromatic rings. The van der Waals surface area contributed by atoms with Crippen LogP contribution in [0.4, 0.5) is 5.69 Å². The lowest BCUT2D eigenvalue weighted by molar-refractivity contribution is 0.112. The molecule has 0 saturated carbocycles. The molecular formula is C18H21NO. The number of hydrogen-bond donors (Lipinski definition) is 0. The molecule has 3 rings (SSSR count). The summed E-state index contributed by atoms with van der Waals surface area (Å²) >= 11 is 0. The second kappa shape index (κ2) is 6.90. The predicted octanol–water partition coefficient (Wildman–Crippen LogP) is 4.09. The molecule has 1 aliphatic heterocycles. The zero-order chi connectivity index (χ0) is 14.4. The highest BCUT2D eigenvalue weighted by molar-refractivity contribution is 5.77. The van der Waals surface area contributed by atoms with Crippen molar-refractivity contribution < 1.29 is 4.79 Å². The molecule has 0 bridgehead atoms. The first-order valence-electron chi connectivity index (χ1n) is 7.24. The molecule has 104 valence electrons. The summed E-state index contributed by atoms with van der Waals surface area (Å²) in [5.74, 6) is 0. The van der Waals surface area contributed by atoms with Crippen molar-refractivity contribution >= 4 is 12.0 Å². The van der Waals surface area contributed by atoms with Crippen molar-refractivity contribution in [1.82, 2.24) is 0 Å². The molecule has 0 N–H and O–H groups in total. The molecular weight excluding hydrogens is 246 g/mol. The third kappa shape index (κ3) is 3.08. The zero-order valence-electron chi connectivity index (χ0n) is 12.2. The summed E-state index contributed by atoms with van der Waals surface area (Å²) in [6.45, 7) is 5.97. The fraction of sp³-hybridized carbons (Fsp3) is 0.278. The number of carbonyl (C=O) groups is 1. The maximum atomic E-state index is 10.8. The second-order valence-corrected chi connectivity index (χ2v) is 4.66. The highest BCUT2D eigenvalue weighted by atomic mass is 16.1. The summed E-state index contributed by atoms with van der Waals surface area (Å²) in [5, 5.41) is 0. The Kier molecular flexibility index (Phi) is 4.94. The molecule has 2 nitrogen and oxygen atoms in total.